The van der Waals surface area contributed by atoms with Crippen molar-refractivity contribution in [2.45, 2.75) is 13.5 Å². The monoisotopic (exact) mass is 227 g/mol. The second kappa shape index (κ2) is 3.71. The lowest BCUT2D eigenvalue weighted by molar-refractivity contribution is 0.917. The molecule has 0 spiro atoms. The first-order chi connectivity index (χ1) is 8.29. The third-order valence-electron chi connectivity index (χ3n) is 2.84. The summed E-state index contributed by atoms with van der Waals surface area (Å²) in [7, 11) is 0. The molecule has 2 heterocycles. The zero-order chi connectivity index (χ0) is 11.8. The molecule has 5 nitrogen and oxygen atoms in total. The Labute approximate surface area is 98.1 Å². The fourth-order valence-electron chi connectivity index (χ4n) is 2.06. The molecule has 0 aliphatic heterocycles. The summed E-state index contributed by atoms with van der Waals surface area (Å²) in [5, 5.41) is 8.17. The molecule has 17 heavy (non-hydrogen) atoms. The van der Waals surface area contributed by atoms with E-state index in [9.17, 15) is 0 Å². The van der Waals surface area contributed by atoms with E-state index < -0.39 is 0 Å². The summed E-state index contributed by atoms with van der Waals surface area (Å²) in [6, 6.07) is 8.12. The number of H-pyrrole nitrogens is 2. The first-order valence-electron chi connectivity index (χ1n) is 5.48. The molecule has 0 aliphatic carbocycles. The van der Waals surface area contributed by atoms with E-state index in [1.807, 2.05) is 25.1 Å². The van der Waals surface area contributed by atoms with Gasteiger partial charge in [-0.2, -0.15) is 5.10 Å². The predicted octanol–water partition coefficient (Wildman–Crippen LogP) is 1.72. The molecular formula is C12H13N5. The van der Waals surface area contributed by atoms with E-state index in [0.29, 0.717) is 18.2 Å². The molecule has 86 valence electrons. The number of aromatic amines is 2. The molecule has 0 fully saturated rings. The van der Waals surface area contributed by atoms with E-state index in [0.717, 1.165) is 22.2 Å². The van der Waals surface area contributed by atoms with Crippen LogP contribution in [0.3, 0.4) is 0 Å². The normalized spacial score (nSPS) is 11.2. The van der Waals surface area contributed by atoms with Crippen LogP contribution in [0.25, 0.3) is 22.3 Å². The fourth-order valence-corrected chi connectivity index (χ4v) is 2.06. The number of para-hydroxylation sites is 1. The second-order valence-corrected chi connectivity index (χ2v) is 3.98. The Morgan fingerprint density at radius 3 is 2.88 bits per heavy atom. The van der Waals surface area contributed by atoms with Gasteiger partial charge >= 0.3 is 0 Å². The molecule has 0 radical (unpaired) electrons. The van der Waals surface area contributed by atoms with E-state index in [-0.39, 0.29) is 0 Å². The lowest BCUT2D eigenvalue weighted by Gasteiger charge is -1.94. The third-order valence-corrected chi connectivity index (χ3v) is 2.84. The third kappa shape index (κ3) is 1.52. The summed E-state index contributed by atoms with van der Waals surface area (Å²) in [6.45, 7) is 2.39. The highest BCUT2D eigenvalue weighted by atomic mass is 15.2. The predicted molar refractivity (Wildman–Crippen MR) is 66.3 cm³/mol. The van der Waals surface area contributed by atoms with Gasteiger partial charge < -0.3 is 10.7 Å². The molecule has 0 amide bonds. The number of fused-ring (bicyclic) bond motifs is 1. The van der Waals surface area contributed by atoms with Crippen molar-refractivity contribution >= 4 is 10.9 Å². The van der Waals surface area contributed by atoms with Gasteiger partial charge in [0, 0.05) is 22.2 Å². The first kappa shape index (κ1) is 10.0. The maximum atomic E-state index is 5.53. The molecule has 1 aromatic carbocycles. The van der Waals surface area contributed by atoms with Gasteiger partial charge in [-0.15, -0.1) is 0 Å². The largest absolute Gasteiger partial charge is 0.358 e. The van der Waals surface area contributed by atoms with Crippen LogP contribution in [0.2, 0.25) is 0 Å². The van der Waals surface area contributed by atoms with Gasteiger partial charge in [0.1, 0.15) is 5.82 Å². The minimum Gasteiger partial charge on any atom is -0.358 e. The van der Waals surface area contributed by atoms with E-state index in [2.05, 4.69) is 26.2 Å². The Hall–Kier alpha value is -2.14. The summed E-state index contributed by atoms with van der Waals surface area (Å²) >= 11 is 0. The molecule has 0 unspecified atom stereocenters. The van der Waals surface area contributed by atoms with Crippen LogP contribution in [0.5, 0.6) is 0 Å². The van der Waals surface area contributed by atoms with Crippen molar-refractivity contribution in [2.75, 3.05) is 0 Å². The Morgan fingerprint density at radius 1 is 1.29 bits per heavy atom. The number of aromatic nitrogens is 4. The smallest absolute Gasteiger partial charge is 0.183 e. The maximum Gasteiger partial charge on any atom is 0.183 e. The topological polar surface area (TPSA) is 83.4 Å². The van der Waals surface area contributed by atoms with Gasteiger partial charge in [0.15, 0.2) is 5.82 Å². The molecular weight excluding hydrogens is 214 g/mol. The Morgan fingerprint density at radius 2 is 2.12 bits per heavy atom. The molecule has 0 saturated carbocycles. The number of nitrogens with two attached hydrogens (primary N) is 1. The molecule has 3 rings (SSSR count). The van der Waals surface area contributed by atoms with Crippen LogP contribution in [0.15, 0.2) is 24.3 Å². The Balaban J connectivity index is 2.25. The number of nitrogens with one attached hydrogen (secondary N) is 2. The van der Waals surface area contributed by atoms with E-state index in [1.54, 1.807) is 0 Å². The zero-order valence-electron chi connectivity index (χ0n) is 9.49. The Bertz CT molecular complexity index is 664. The molecule has 0 bridgehead atoms. The van der Waals surface area contributed by atoms with Crippen molar-refractivity contribution in [3.05, 3.63) is 35.8 Å². The average molecular weight is 227 g/mol. The minimum absolute atomic E-state index is 0.369. The van der Waals surface area contributed by atoms with Crippen molar-refractivity contribution < 1.29 is 0 Å². The summed E-state index contributed by atoms with van der Waals surface area (Å²) in [6.07, 6.45) is 0. The van der Waals surface area contributed by atoms with Gasteiger partial charge in [-0.1, -0.05) is 18.2 Å². The summed E-state index contributed by atoms with van der Waals surface area (Å²) in [5.74, 6) is 1.39. The van der Waals surface area contributed by atoms with Crippen LogP contribution >= 0.6 is 0 Å². The van der Waals surface area contributed by atoms with Crippen LogP contribution in [0, 0.1) is 6.92 Å². The van der Waals surface area contributed by atoms with Crippen molar-refractivity contribution in [1.82, 2.24) is 20.2 Å². The van der Waals surface area contributed by atoms with Crippen LogP contribution in [-0.4, -0.2) is 20.2 Å². The van der Waals surface area contributed by atoms with Gasteiger partial charge in [-0.3, -0.25) is 5.10 Å². The summed E-state index contributed by atoms with van der Waals surface area (Å²) in [4.78, 5) is 7.70. The van der Waals surface area contributed by atoms with Crippen LogP contribution in [0.4, 0.5) is 0 Å². The number of hydrogen-bond acceptors (Lipinski definition) is 3. The van der Waals surface area contributed by atoms with E-state index >= 15 is 0 Å². The minimum atomic E-state index is 0.369. The van der Waals surface area contributed by atoms with Gasteiger partial charge in [0.2, 0.25) is 0 Å². The van der Waals surface area contributed by atoms with Gasteiger partial charge in [-0.05, 0) is 13.0 Å². The standard InChI is InChI=1S/C12H13N5/c1-7-11(12-15-10(6-13)16-17-12)8-4-2-3-5-9(8)14-7/h2-5,14H,6,13H2,1H3,(H,15,16,17). The van der Waals surface area contributed by atoms with E-state index in [1.165, 1.54) is 0 Å². The second-order valence-electron chi connectivity index (χ2n) is 3.98. The molecule has 3 aromatic rings. The number of nitrogens with zero attached hydrogens (tertiary/aromatic N) is 2. The van der Waals surface area contributed by atoms with Crippen molar-refractivity contribution in [3.8, 4) is 11.4 Å². The number of benzene rings is 1. The van der Waals surface area contributed by atoms with Crippen LogP contribution in [0.1, 0.15) is 11.5 Å². The SMILES string of the molecule is Cc1[nH]c2ccccc2c1-c1n[nH]c(CN)n1. The molecule has 4 N–H and O–H groups in total. The van der Waals surface area contributed by atoms with Crippen molar-refractivity contribution in [1.29, 1.82) is 0 Å². The molecule has 0 saturated heterocycles. The van der Waals surface area contributed by atoms with E-state index in [4.69, 9.17) is 5.73 Å². The lowest BCUT2D eigenvalue weighted by Crippen LogP contribution is -1.97. The summed E-state index contributed by atoms with van der Waals surface area (Å²) in [5.41, 5.74) is 8.72. The van der Waals surface area contributed by atoms with Crippen molar-refractivity contribution in [3.63, 3.8) is 0 Å². The van der Waals surface area contributed by atoms with Crippen LogP contribution < -0.4 is 5.73 Å². The average Bonchev–Trinajstić information content (AvgIpc) is 2.91. The van der Waals surface area contributed by atoms with Crippen molar-refractivity contribution in [2.24, 2.45) is 5.73 Å². The fraction of sp³-hybridized carbons (Fsp3) is 0.167. The van der Waals surface area contributed by atoms with Crippen LogP contribution in [-0.2, 0) is 6.54 Å². The molecule has 0 atom stereocenters. The molecule has 5 heteroatoms. The molecule has 2 aromatic heterocycles. The lowest BCUT2D eigenvalue weighted by atomic mass is 10.1. The maximum absolute atomic E-state index is 5.53. The first-order valence-corrected chi connectivity index (χ1v) is 5.48. The highest BCUT2D eigenvalue weighted by Gasteiger charge is 2.14. The van der Waals surface area contributed by atoms with Gasteiger partial charge in [0.05, 0.1) is 6.54 Å². The Kier molecular flexibility index (Phi) is 2.19. The zero-order valence-corrected chi connectivity index (χ0v) is 9.49. The number of rotatable bonds is 2. The quantitative estimate of drug-likeness (QED) is 0.623. The molecule has 0 aliphatic rings. The van der Waals surface area contributed by atoms with Gasteiger partial charge in [-0.25, -0.2) is 4.98 Å². The number of aryl methyl sites for hydroxylation is 1. The summed E-state index contributed by atoms with van der Waals surface area (Å²) < 4.78 is 0. The highest BCUT2D eigenvalue weighted by molar-refractivity contribution is 5.95. The highest BCUT2D eigenvalue weighted by Crippen LogP contribution is 2.29. The van der Waals surface area contributed by atoms with Gasteiger partial charge in [0.25, 0.3) is 0 Å². The number of hydrogen-bond donors (Lipinski definition) is 3.